The van der Waals surface area contributed by atoms with Gasteiger partial charge in [-0.05, 0) is 30.9 Å². The van der Waals surface area contributed by atoms with E-state index in [1.807, 2.05) is 6.07 Å². The average Bonchev–Trinajstić information content (AvgIpc) is 2.44. The number of hydrogen-bond donors (Lipinski definition) is 1. The van der Waals surface area contributed by atoms with E-state index in [2.05, 4.69) is 0 Å². The van der Waals surface area contributed by atoms with E-state index in [-0.39, 0.29) is 5.92 Å². The predicted molar refractivity (Wildman–Crippen MR) is 69.2 cm³/mol. The summed E-state index contributed by atoms with van der Waals surface area (Å²) >= 11 is 0. The lowest BCUT2D eigenvalue weighted by atomic mass is 9.83. The lowest BCUT2D eigenvalue weighted by Crippen LogP contribution is -2.23. The number of methoxy groups -OCH3 is 3. The molecule has 0 radical (unpaired) electrons. The molecule has 0 aliphatic heterocycles. The number of carbonyl (C=O) groups is 1. The molecule has 1 N–H and O–H groups in total. The summed E-state index contributed by atoms with van der Waals surface area (Å²) in [5.74, 6) is 0.603. The van der Waals surface area contributed by atoms with Gasteiger partial charge in [0.1, 0.15) is 0 Å². The van der Waals surface area contributed by atoms with Gasteiger partial charge in [0, 0.05) is 5.56 Å². The summed E-state index contributed by atoms with van der Waals surface area (Å²) in [6.45, 7) is 0. The van der Waals surface area contributed by atoms with Gasteiger partial charge in [0.05, 0.1) is 27.2 Å². The fourth-order valence-electron chi connectivity index (χ4n) is 2.60. The maximum atomic E-state index is 11.1. The van der Waals surface area contributed by atoms with Crippen LogP contribution in [0, 0.1) is 5.92 Å². The Labute approximate surface area is 112 Å². The normalized spacial score (nSPS) is 17.5. The third kappa shape index (κ3) is 2.32. The molecule has 0 heterocycles. The first-order chi connectivity index (χ1) is 9.12. The van der Waals surface area contributed by atoms with E-state index in [1.54, 1.807) is 21.3 Å². The molecule has 0 bridgehead atoms. The molecule has 5 heteroatoms. The molecule has 2 rings (SSSR count). The fraction of sp³-hybridized carbons (Fsp3) is 0.500. The van der Waals surface area contributed by atoms with Gasteiger partial charge in [-0.25, -0.2) is 0 Å². The molecule has 5 nitrogen and oxygen atoms in total. The van der Waals surface area contributed by atoms with Crippen LogP contribution in [0.1, 0.15) is 17.5 Å². The van der Waals surface area contributed by atoms with E-state index in [4.69, 9.17) is 19.3 Å². The molecule has 0 saturated heterocycles. The first-order valence-electron chi connectivity index (χ1n) is 6.15. The largest absolute Gasteiger partial charge is 0.493 e. The van der Waals surface area contributed by atoms with E-state index in [0.717, 1.165) is 11.1 Å². The van der Waals surface area contributed by atoms with Crippen molar-refractivity contribution >= 4 is 5.97 Å². The summed E-state index contributed by atoms with van der Waals surface area (Å²) in [5, 5.41) is 9.16. The van der Waals surface area contributed by atoms with Crippen LogP contribution in [0.3, 0.4) is 0 Å². The van der Waals surface area contributed by atoms with Crippen LogP contribution in [0.15, 0.2) is 6.07 Å². The van der Waals surface area contributed by atoms with Crippen LogP contribution in [0.4, 0.5) is 0 Å². The number of aryl methyl sites for hydroxylation is 1. The van der Waals surface area contributed by atoms with Crippen LogP contribution in [0.5, 0.6) is 17.2 Å². The molecule has 1 aliphatic rings. The van der Waals surface area contributed by atoms with E-state index < -0.39 is 5.97 Å². The van der Waals surface area contributed by atoms with Crippen LogP contribution in [0.25, 0.3) is 0 Å². The lowest BCUT2D eigenvalue weighted by molar-refractivity contribution is -0.142. The van der Waals surface area contributed by atoms with Crippen molar-refractivity contribution in [2.24, 2.45) is 5.92 Å². The standard InChI is InChI=1S/C14H18O5/c1-17-11-7-8-4-5-9(14(15)16)6-10(8)12(18-2)13(11)19-3/h7,9H,4-6H2,1-3H3,(H,15,16)/t9-/m0/s1. The van der Waals surface area contributed by atoms with Gasteiger partial charge in [-0.1, -0.05) is 0 Å². The van der Waals surface area contributed by atoms with Crippen molar-refractivity contribution in [1.82, 2.24) is 0 Å². The Kier molecular flexibility index (Phi) is 3.83. The number of hydrogen-bond acceptors (Lipinski definition) is 4. The summed E-state index contributed by atoms with van der Waals surface area (Å²) in [4.78, 5) is 11.1. The first kappa shape index (κ1) is 13.5. The van der Waals surface area contributed by atoms with Gasteiger partial charge < -0.3 is 19.3 Å². The summed E-state index contributed by atoms with van der Waals surface area (Å²) in [6.07, 6.45) is 1.82. The zero-order valence-electron chi connectivity index (χ0n) is 11.4. The van der Waals surface area contributed by atoms with Gasteiger partial charge in [-0.15, -0.1) is 0 Å². The second kappa shape index (κ2) is 5.38. The summed E-state index contributed by atoms with van der Waals surface area (Å²) in [5.41, 5.74) is 1.99. The van der Waals surface area contributed by atoms with Gasteiger partial charge in [0.2, 0.25) is 5.75 Å². The molecule has 0 fully saturated rings. The summed E-state index contributed by atoms with van der Waals surface area (Å²) in [7, 11) is 4.68. The number of ether oxygens (including phenoxy) is 3. The minimum Gasteiger partial charge on any atom is -0.493 e. The van der Waals surface area contributed by atoms with Crippen LogP contribution in [-0.2, 0) is 17.6 Å². The van der Waals surface area contributed by atoms with Crippen molar-refractivity contribution in [1.29, 1.82) is 0 Å². The first-order valence-corrected chi connectivity index (χ1v) is 6.15. The van der Waals surface area contributed by atoms with Crippen LogP contribution in [-0.4, -0.2) is 32.4 Å². The van der Waals surface area contributed by atoms with Crippen LogP contribution in [0.2, 0.25) is 0 Å². The number of carboxylic acid groups (broad SMARTS) is 1. The number of rotatable bonds is 4. The van der Waals surface area contributed by atoms with Crippen molar-refractivity contribution in [3.05, 3.63) is 17.2 Å². The lowest BCUT2D eigenvalue weighted by Gasteiger charge is -2.25. The Morgan fingerprint density at radius 3 is 2.42 bits per heavy atom. The maximum absolute atomic E-state index is 11.1. The molecule has 1 aliphatic carbocycles. The molecule has 1 aromatic carbocycles. The second-order valence-electron chi connectivity index (χ2n) is 4.56. The van der Waals surface area contributed by atoms with E-state index in [9.17, 15) is 4.79 Å². The average molecular weight is 266 g/mol. The van der Waals surface area contributed by atoms with Crippen molar-refractivity contribution in [3.63, 3.8) is 0 Å². The highest BCUT2D eigenvalue weighted by atomic mass is 16.5. The monoisotopic (exact) mass is 266 g/mol. The summed E-state index contributed by atoms with van der Waals surface area (Å²) < 4.78 is 16.0. The van der Waals surface area contributed by atoms with Crippen molar-refractivity contribution in [3.8, 4) is 17.2 Å². The molecule has 19 heavy (non-hydrogen) atoms. The highest BCUT2D eigenvalue weighted by Gasteiger charge is 2.29. The molecular weight excluding hydrogens is 248 g/mol. The fourth-order valence-corrected chi connectivity index (χ4v) is 2.60. The Morgan fingerprint density at radius 2 is 1.89 bits per heavy atom. The molecule has 0 unspecified atom stereocenters. The highest BCUT2D eigenvalue weighted by Crippen LogP contribution is 2.45. The topological polar surface area (TPSA) is 65.0 Å². The number of carboxylic acids is 1. The SMILES string of the molecule is COc1cc2c(c(OC)c1OC)C[C@@H](C(=O)O)CC2. The number of benzene rings is 1. The number of fused-ring (bicyclic) bond motifs is 1. The summed E-state index contributed by atoms with van der Waals surface area (Å²) in [6, 6.07) is 1.91. The Bertz CT molecular complexity index is 495. The van der Waals surface area contributed by atoms with Crippen LogP contribution < -0.4 is 14.2 Å². The second-order valence-corrected chi connectivity index (χ2v) is 4.56. The minimum absolute atomic E-state index is 0.362. The molecular formula is C14H18O5. The Hall–Kier alpha value is -1.91. The smallest absolute Gasteiger partial charge is 0.306 e. The van der Waals surface area contributed by atoms with E-state index in [1.165, 1.54) is 0 Å². The predicted octanol–water partition coefficient (Wildman–Crippen LogP) is 1.90. The Balaban J connectivity index is 2.52. The Morgan fingerprint density at radius 1 is 1.21 bits per heavy atom. The van der Waals surface area contributed by atoms with E-state index >= 15 is 0 Å². The van der Waals surface area contributed by atoms with Crippen molar-refractivity contribution in [2.45, 2.75) is 19.3 Å². The third-order valence-corrected chi connectivity index (χ3v) is 3.59. The number of aliphatic carboxylic acids is 1. The molecule has 0 amide bonds. The molecule has 0 aromatic heterocycles. The van der Waals surface area contributed by atoms with Gasteiger partial charge in [-0.3, -0.25) is 4.79 Å². The molecule has 1 aromatic rings. The van der Waals surface area contributed by atoms with Crippen LogP contribution >= 0.6 is 0 Å². The molecule has 104 valence electrons. The van der Waals surface area contributed by atoms with Gasteiger partial charge in [0.15, 0.2) is 11.5 Å². The van der Waals surface area contributed by atoms with Gasteiger partial charge in [-0.2, -0.15) is 0 Å². The van der Waals surface area contributed by atoms with Crippen molar-refractivity contribution < 1.29 is 24.1 Å². The maximum Gasteiger partial charge on any atom is 0.306 e. The van der Waals surface area contributed by atoms with Gasteiger partial charge >= 0.3 is 5.97 Å². The minimum atomic E-state index is -0.762. The van der Waals surface area contributed by atoms with Gasteiger partial charge in [0.25, 0.3) is 0 Å². The molecule has 1 atom stereocenters. The zero-order chi connectivity index (χ0) is 14.0. The highest BCUT2D eigenvalue weighted by molar-refractivity contribution is 5.72. The zero-order valence-corrected chi connectivity index (χ0v) is 11.4. The van der Waals surface area contributed by atoms with Crippen molar-refractivity contribution in [2.75, 3.05) is 21.3 Å². The third-order valence-electron chi connectivity index (χ3n) is 3.59. The molecule has 0 saturated carbocycles. The quantitative estimate of drug-likeness (QED) is 0.901. The van der Waals surface area contributed by atoms with E-state index in [0.29, 0.717) is 36.5 Å². The molecule has 0 spiro atoms.